The van der Waals surface area contributed by atoms with Gasteiger partial charge in [-0.15, -0.1) is 11.8 Å². The zero-order chi connectivity index (χ0) is 14.0. The van der Waals surface area contributed by atoms with Gasteiger partial charge in [0.1, 0.15) is 11.8 Å². The Morgan fingerprint density at radius 1 is 1.63 bits per heavy atom. The lowest BCUT2D eigenvalue weighted by Gasteiger charge is -2.26. The van der Waals surface area contributed by atoms with Crippen molar-refractivity contribution in [2.45, 2.75) is 38.1 Å². The monoisotopic (exact) mass is 284 g/mol. The number of aromatic nitrogens is 1. The summed E-state index contributed by atoms with van der Waals surface area (Å²) in [6.45, 7) is 3.71. The van der Waals surface area contributed by atoms with E-state index in [2.05, 4.69) is 5.16 Å². The molecule has 19 heavy (non-hydrogen) atoms. The number of aliphatic carboxylic acids is 1. The fraction of sp³-hybridized carbons (Fsp3) is 0.583. The van der Waals surface area contributed by atoms with Crippen LogP contribution in [0.4, 0.5) is 0 Å². The minimum absolute atomic E-state index is 0.101. The summed E-state index contributed by atoms with van der Waals surface area (Å²) in [4.78, 5) is 25.1. The second-order valence-corrected chi connectivity index (χ2v) is 5.68. The second kappa shape index (κ2) is 5.64. The highest BCUT2D eigenvalue weighted by Crippen LogP contribution is 2.33. The van der Waals surface area contributed by atoms with Crippen LogP contribution in [0.15, 0.2) is 10.6 Å². The van der Waals surface area contributed by atoms with Crippen LogP contribution in [0.2, 0.25) is 0 Å². The molecule has 2 atom stereocenters. The highest BCUT2D eigenvalue weighted by molar-refractivity contribution is 8.00. The maximum atomic E-state index is 12.4. The third kappa shape index (κ3) is 2.75. The maximum absolute atomic E-state index is 12.4. The highest BCUT2D eigenvalue weighted by Gasteiger charge is 2.42. The lowest BCUT2D eigenvalue weighted by atomic mass is 10.2. The first kappa shape index (κ1) is 13.9. The van der Waals surface area contributed by atoms with Gasteiger partial charge in [-0.3, -0.25) is 4.79 Å². The van der Waals surface area contributed by atoms with Crippen molar-refractivity contribution in [1.82, 2.24) is 10.1 Å². The van der Waals surface area contributed by atoms with Crippen LogP contribution in [0.1, 0.15) is 36.0 Å². The van der Waals surface area contributed by atoms with E-state index < -0.39 is 12.0 Å². The van der Waals surface area contributed by atoms with Gasteiger partial charge in [0.25, 0.3) is 5.91 Å². The Bertz CT molecular complexity index is 488. The quantitative estimate of drug-likeness (QED) is 0.907. The van der Waals surface area contributed by atoms with Gasteiger partial charge in [-0.05, 0) is 13.3 Å². The molecule has 0 aliphatic carbocycles. The molecule has 1 aliphatic heterocycles. The number of carbonyl (C=O) groups is 2. The molecule has 1 N–H and O–H groups in total. The predicted molar refractivity (Wildman–Crippen MR) is 70.0 cm³/mol. The van der Waals surface area contributed by atoms with Crippen molar-refractivity contribution in [1.29, 1.82) is 0 Å². The Balaban J connectivity index is 2.25. The number of carbonyl (C=O) groups excluding carboxylic acids is 1. The van der Waals surface area contributed by atoms with Crippen molar-refractivity contribution in [3.8, 4) is 0 Å². The summed E-state index contributed by atoms with van der Waals surface area (Å²) in [7, 11) is 0. The molecule has 104 valence electrons. The Morgan fingerprint density at radius 2 is 2.37 bits per heavy atom. The van der Waals surface area contributed by atoms with Crippen molar-refractivity contribution in [2.75, 3.05) is 5.75 Å². The molecule has 6 nitrogen and oxygen atoms in total. The zero-order valence-electron chi connectivity index (χ0n) is 10.8. The topological polar surface area (TPSA) is 83.6 Å². The van der Waals surface area contributed by atoms with Gasteiger partial charge in [-0.1, -0.05) is 18.5 Å². The molecule has 0 bridgehead atoms. The highest BCUT2D eigenvalue weighted by atomic mass is 32.2. The van der Waals surface area contributed by atoms with E-state index in [0.29, 0.717) is 11.5 Å². The molecule has 1 fully saturated rings. The van der Waals surface area contributed by atoms with Crippen LogP contribution in [0.5, 0.6) is 0 Å². The largest absolute Gasteiger partial charge is 0.480 e. The molecule has 0 spiro atoms. The predicted octanol–water partition coefficient (Wildman–Crippen LogP) is 1.75. The molecular formula is C12H16N2O4S. The van der Waals surface area contributed by atoms with Crippen LogP contribution < -0.4 is 0 Å². The minimum atomic E-state index is -0.973. The standard InChI is InChI=1S/C12H16N2O4S/c1-3-4-10-14(9(6-19-10)12(16)17)11(15)8-5-7(2)18-13-8/h5,9-10H,3-4,6H2,1-2H3,(H,16,17). The zero-order valence-corrected chi connectivity index (χ0v) is 11.6. The summed E-state index contributed by atoms with van der Waals surface area (Å²) in [5, 5.41) is 12.8. The molecule has 1 aromatic rings. The third-order valence-electron chi connectivity index (χ3n) is 2.99. The van der Waals surface area contributed by atoms with Crippen molar-refractivity contribution in [3.05, 3.63) is 17.5 Å². The smallest absolute Gasteiger partial charge is 0.327 e. The molecule has 0 saturated carbocycles. The number of hydrogen-bond acceptors (Lipinski definition) is 5. The average molecular weight is 284 g/mol. The average Bonchev–Trinajstić information content (AvgIpc) is 2.95. The molecule has 1 aromatic heterocycles. The van der Waals surface area contributed by atoms with E-state index in [4.69, 9.17) is 4.52 Å². The number of rotatable bonds is 4. The molecule has 2 rings (SSSR count). The molecular weight excluding hydrogens is 268 g/mol. The number of amides is 1. The van der Waals surface area contributed by atoms with Gasteiger partial charge in [0.15, 0.2) is 5.69 Å². The van der Waals surface area contributed by atoms with Crippen LogP contribution >= 0.6 is 11.8 Å². The molecule has 7 heteroatoms. The van der Waals surface area contributed by atoms with Crippen LogP contribution in [-0.4, -0.2) is 44.2 Å². The molecule has 2 heterocycles. The van der Waals surface area contributed by atoms with Gasteiger partial charge >= 0.3 is 5.97 Å². The van der Waals surface area contributed by atoms with Gasteiger partial charge in [0.05, 0.1) is 5.37 Å². The first-order valence-corrected chi connectivity index (χ1v) is 7.19. The molecule has 1 saturated heterocycles. The van der Waals surface area contributed by atoms with Gasteiger partial charge in [-0.2, -0.15) is 0 Å². The van der Waals surface area contributed by atoms with E-state index in [9.17, 15) is 14.7 Å². The van der Waals surface area contributed by atoms with Gasteiger partial charge in [0, 0.05) is 11.8 Å². The van der Waals surface area contributed by atoms with Crippen molar-refractivity contribution in [3.63, 3.8) is 0 Å². The van der Waals surface area contributed by atoms with E-state index in [1.54, 1.807) is 6.92 Å². The van der Waals surface area contributed by atoms with Gasteiger partial charge in [0.2, 0.25) is 0 Å². The lowest BCUT2D eigenvalue weighted by Crippen LogP contribution is -2.45. The number of hydrogen-bond donors (Lipinski definition) is 1. The van der Waals surface area contributed by atoms with Crippen LogP contribution in [-0.2, 0) is 4.79 Å². The van der Waals surface area contributed by atoms with Gasteiger partial charge < -0.3 is 14.5 Å². The number of aryl methyl sites for hydroxylation is 1. The summed E-state index contributed by atoms with van der Waals surface area (Å²) in [6.07, 6.45) is 1.67. The van der Waals surface area contributed by atoms with Gasteiger partial charge in [-0.25, -0.2) is 4.79 Å². The first-order valence-electron chi connectivity index (χ1n) is 6.15. The lowest BCUT2D eigenvalue weighted by molar-refractivity contribution is -0.141. The number of nitrogens with zero attached hydrogens (tertiary/aromatic N) is 2. The molecule has 0 aromatic carbocycles. The summed E-state index contributed by atoms with van der Waals surface area (Å²) in [5.41, 5.74) is 0.173. The maximum Gasteiger partial charge on any atom is 0.327 e. The SMILES string of the molecule is CCCC1SCC(C(=O)O)N1C(=O)c1cc(C)on1. The van der Waals surface area contributed by atoms with Crippen molar-refractivity contribution < 1.29 is 19.2 Å². The van der Waals surface area contributed by atoms with E-state index >= 15 is 0 Å². The third-order valence-corrected chi connectivity index (χ3v) is 4.35. The first-order chi connectivity index (χ1) is 9.04. The summed E-state index contributed by atoms with van der Waals surface area (Å²) < 4.78 is 4.88. The Morgan fingerprint density at radius 3 is 2.89 bits per heavy atom. The van der Waals surface area contributed by atoms with E-state index in [1.165, 1.54) is 22.7 Å². The Labute approximate surface area is 115 Å². The molecule has 1 aliphatic rings. The van der Waals surface area contributed by atoms with Crippen molar-refractivity contribution >= 4 is 23.6 Å². The van der Waals surface area contributed by atoms with E-state index in [-0.39, 0.29) is 17.0 Å². The fourth-order valence-electron chi connectivity index (χ4n) is 2.09. The van der Waals surface area contributed by atoms with Crippen LogP contribution in [0.3, 0.4) is 0 Å². The summed E-state index contributed by atoms with van der Waals surface area (Å²) in [5.74, 6) is -0.385. The summed E-state index contributed by atoms with van der Waals surface area (Å²) >= 11 is 1.51. The fourth-order valence-corrected chi connectivity index (χ4v) is 3.61. The molecule has 0 radical (unpaired) electrons. The molecule has 2 unspecified atom stereocenters. The number of carboxylic acid groups (broad SMARTS) is 1. The van der Waals surface area contributed by atoms with E-state index in [0.717, 1.165) is 12.8 Å². The van der Waals surface area contributed by atoms with E-state index in [1.807, 2.05) is 6.92 Å². The Kier molecular flexibility index (Phi) is 4.14. The van der Waals surface area contributed by atoms with Crippen LogP contribution in [0.25, 0.3) is 0 Å². The molecule has 1 amide bonds. The van der Waals surface area contributed by atoms with Crippen LogP contribution in [0, 0.1) is 6.92 Å². The van der Waals surface area contributed by atoms with Crippen molar-refractivity contribution in [2.24, 2.45) is 0 Å². The minimum Gasteiger partial charge on any atom is -0.480 e. The second-order valence-electron chi connectivity index (χ2n) is 4.47. The summed E-state index contributed by atoms with van der Waals surface area (Å²) in [6, 6.07) is 0.749. The normalized spacial score (nSPS) is 22.7. The number of carboxylic acids is 1. The Hall–Kier alpha value is -1.50. The number of thioether (sulfide) groups is 1.